The van der Waals surface area contributed by atoms with E-state index < -0.39 is 24.0 Å². The summed E-state index contributed by atoms with van der Waals surface area (Å²) in [6, 6.07) is 0. The first-order chi connectivity index (χ1) is 45.2. The quantitative estimate of drug-likeness (QED) is 0.0239. The van der Waals surface area contributed by atoms with Gasteiger partial charge in [-0.3, -0.25) is 33.6 Å². The first-order valence-electron chi connectivity index (χ1n) is 37.7. The smallest absolute Gasteiger partial charge is 0.409 e. The fourth-order valence-electron chi connectivity index (χ4n) is 13.9. The predicted molar refractivity (Wildman–Crippen MR) is 365 cm³/mol. The molecule has 94 heavy (non-hydrogen) atoms. The summed E-state index contributed by atoms with van der Waals surface area (Å²) in [6.07, 6.45) is 32.1. The average Bonchev–Trinajstić information content (AvgIpc) is 1.22. The Labute approximate surface area is 567 Å². The summed E-state index contributed by atoms with van der Waals surface area (Å²) in [4.78, 5) is 108. The van der Waals surface area contributed by atoms with Crippen molar-refractivity contribution in [3.8, 4) is 0 Å². The Kier molecular flexibility index (Phi) is 42.5. The zero-order chi connectivity index (χ0) is 68.3. The molecule has 0 N–H and O–H groups in total. The van der Waals surface area contributed by atoms with Crippen LogP contribution in [0.25, 0.3) is 0 Å². The molecular weight excluding hydrogens is 1200 g/mol. The monoisotopic (exact) mass is 1330 g/mol. The molecule has 0 aromatic rings. The fourth-order valence-corrected chi connectivity index (χ4v) is 13.9. The van der Waals surface area contributed by atoms with Gasteiger partial charge in [0.05, 0.1) is 42.9 Å². The summed E-state index contributed by atoms with van der Waals surface area (Å²) in [5, 5.41) is 0. The summed E-state index contributed by atoms with van der Waals surface area (Å²) in [7, 11) is 0. The summed E-state index contributed by atoms with van der Waals surface area (Å²) in [5.41, 5.74) is 1.42. The van der Waals surface area contributed by atoms with Gasteiger partial charge in [-0.05, 0) is 170 Å². The predicted octanol–water partition coefficient (Wildman–Crippen LogP) is 15.7. The van der Waals surface area contributed by atoms with Crippen molar-refractivity contribution < 1.29 is 76.3 Å². The van der Waals surface area contributed by atoms with E-state index in [0.29, 0.717) is 86.7 Å². The molecule has 0 aliphatic heterocycles. The molecule has 540 valence electrons. The minimum Gasteiger partial charge on any atom is -0.462 e. The van der Waals surface area contributed by atoms with E-state index in [4.69, 9.17) is 37.9 Å². The fraction of sp³-hybridized carbons (Fsp3) is 0.868. The van der Waals surface area contributed by atoms with Gasteiger partial charge in [0.25, 0.3) is 0 Å². The van der Waals surface area contributed by atoms with E-state index >= 15 is 0 Å². The van der Waals surface area contributed by atoms with Crippen molar-refractivity contribution in [3.63, 3.8) is 0 Å². The molecule has 1 unspecified atom stereocenters. The van der Waals surface area contributed by atoms with Crippen LogP contribution in [0.1, 0.15) is 274 Å². The normalized spacial score (nSPS) is 20.8. The van der Waals surface area contributed by atoms with Crippen LogP contribution in [-0.2, 0) is 71.5 Å². The Morgan fingerprint density at radius 1 is 0.362 bits per heavy atom. The second kappa shape index (κ2) is 48.9. The van der Waals surface area contributed by atoms with E-state index in [1.807, 2.05) is 4.90 Å². The van der Waals surface area contributed by atoms with Crippen LogP contribution in [0.4, 0.5) is 4.79 Å². The standard InChI is InChI=1S/C76H130N2O16/c1-57(2)17-13-21-61-25-33-65(34-26-61)72(82)90-52-49-87-69(79)41-46-77(47-42-70(80)88-50-53-91-73(83)66-35-27-62(28-36-66)22-14-18-58(3)4)44-11-9-10-12-45-78(76(86)94-56-55-93-75(85)68-39-31-64(32-40-68)24-16-20-60(7)8)48-43-71(81)89-51-54-92-74(84)67-37-29-63(30-38-67)23-15-19-59(5)6/h25,57-60,62-68H,9-24,26-56H2,1-8H3. The van der Waals surface area contributed by atoms with Gasteiger partial charge >= 0.3 is 47.9 Å². The Balaban J connectivity index is 1.24. The van der Waals surface area contributed by atoms with Gasteiger partial charge in [-0.25, -0.2) is 4.79 Å². The molecule has 4 rings (SSSR count). The second-order valence-corrected chi connectivity index (χ2v) is 29.7. The highest BCUT2D eigenvalue weighted by Gasteiger charge is 2.31. The van der Waals surface area contributed by atoms with Gasteiger partial charge < -0.3 is 47.7 Å². The third kappa shape index (κ3) is 37.7. The minimum absolute atomic E-state index is 0.00634. The van der Waals surface area contributed by atoms with E-state index in [1.54, 1.807) is 0 Å². The molecule has 4 aliphatic carbocycles. The molecule has 0 radical (unpaired) electrons. The van der Waals surface area contributed by atoms with Crippen molar-refractivity contribution >= 4 is 47.9 Å². The number of carbonyl (C=O) groups excluding carboxylic acids is 8. The van der Waals surface area contributed by atoms with E-state index in [-0.39, 0.29) is 133 Å². The third-order valence-corrected chi connectivity index (χ3v) is 19.9. The van der Waals surface area contributed by atoms with E-state index in [1.165, 1.54) is 74.7 Å². The van der Waals surface area contributed by atoms with Crippen LogP contribution in [0.15, 0.2) is 11.6 Å². The highest BCUT2D eigenvalue weighted by Crippen LogP contribution is 2.36. The highest BCUT2D eigenvalue weighted by molar-refractivity contribution is 5.75. The number of allylic oxidation sites excluding steroid dienone is 2. The number of hydrogen-bond donors (Lipinski definition) is 0. The minimum atomic E-state index is -0.635. The number of unbranched alkanes of at least 4 members (excludes halogenated alkanes) is 3. The summed E-state index contributed by atoms with van der Waals surface area (Å²) >= 11 is 0. The lowest BCUT2D eigenvalue weighted by molar-refractivity contribution is -0.156. The molecule has 1 amide bonds. The topological polar surface area (TPSA) is 217 Å². The molecule has 0 aromatic heterocycles. The lowest BCUT2D eigenvalue weighted by atomic mass is 9.79. The molecule has 1 atom stereocenters. The molecule has 0 aromatic carbocycles. The van der Waals surface area contributed by atoms with Crippen LogP contribution < -0.4 is 0 Å². The van der Waals surface area contributed by atoms with Gasteiger partial charge in [0, 0.05) is 26.2 Å². The molecule has 3 saturated carbocycles. The van der Waals surface area contributed by atoms with Crippen LogP contribution in [0, 0.1) is 65.1 Å². The second-order valence-electron chi connectivity index (χ2n) is 29.7. The number of rotatable bonds is 48. The van der Waals surface area contributed by atoms with Gasteiger partial charge in [-0.1, -0.05) is 144 Å². The Bertz CT molecular complexity index is 2170. The van der Waals surface area contributed by atoms with E-state index in [9.17, 15) is 38.4 Å². The summed E-state index contributed by atoms with van der Waals surface area (Å²) < 4.78 is 44.2. The zero-order valence-electron chi connectivity index (χ0n) is 60.1. The third-order valence-electron chi connectivity index (χ3n) is 19.9. The molecule has 0 saturated heterocycles. The number of ether oxygens (including phenoxy) is 8. The molecule has 4 aliphatic rings. The first-order valence-corrected chi connectivity index (χ1v) is 37.7. The van der Waals surface area contributed by atoms with Gasteiger partial charge in [0.2, 0.25) is 0 Å². The Hall–Kier alpha value is -4.74. The SMILES string of the molecule is CC(C)CCCC1=CCC(C(=O)OCCOC(=O)CCN(CCCCCCN(CCC(=O)OCCOC(=O)C2CCC(CCCC(C)C)CC2)C(=O)OCCOC(=O)C2CCC(CCCC(C)C)CC2)CCC(=O)OCCOC(=O)C2CCC(CCCC(C)C)CC2)CC1. The van der Waals surface area contributed by atoms with Crippen molar-refractivity contribution in [2.45, 2.75) is 274 Å². The van der Waals surface area contributed by atoms with Gasteiger partial charge in [0.15, 0.2) is 0 Å². The maximum Gasteiger partial charge on any atom is 0.409 e. The molecule has 18 nitrogen and oxygen atoms in total. The zero-order valence-corrected chi connectivity index (χ0v) is 60.1. The lowest BCUT2D eigenvalue weighted by Crippen LogP contribution is -2.35. The lowest BCUT2D eigenvalue weighted by Gasteiger charge is -2.27. The van der Waals surface area contributed by atoms with E-state index in [0.717, 1.165) is 109 Å². The van der Waals surface area contributed by atoms with E-state index in [2.05, 4.69) is 61.5 Å². The molecule has 0 heterocycles. The van der Waals surface area contributed by atoms with Crippen LogP contribution in [-0.4, -0.2) is 143 Å². The van der Waals surface area contributed by atoms with Crippen LogP contribution >= 0.6 is 0 Å². The number of nitrogens with zero attached hydrogens (tertiary/aromatic N) is 2. The number of carbonyl (C=O) groups is 8. The molecular formula is C76H130N2O16. The van der Waals surface area contributed by atoms with Gasteiger partial charge in [0.1, 0.15) is 52.9 Å². The highest BCUT2D eigenvalue weighted by atomic mass is 16.6. The molecule has 3 fully saturated rings. The van der Waals surface area contributed by atoms with Crippen molar-refractivity contribution in [2.75, 3.05) is 85.6 Å². The first kappa shape index (κ1) is 81.7. The van der Waals surface area contributed by atoms with Gasteiger partial charge in [-0.15, -0.1) is 0 Å². The average molecular weight is 1330 g/mol. The van der Waals surface area contributed by atoms with Crippen molar-refractivity contribution in [2.24, 2.45) is 65.1 Å². The molecule has 0 bridgehead atoms. The summed E-state index contributed by atoms with van der Waals surface area (Å²) in [6.45, 7) is 19.0. The maximum absolute atomic E-state index is 13.6. The van der Waals surface area contributed by atoms with Gasteiger partial charge in [-0.2, -0.15) is 0 Å². The van der Waals surface area contributed by atoms with Crippen molar-refractivity contribution in [3.05, 3.63) is 11.6 Å². The maximum atomic E-state index is 13.6. The summed E-state index contributed by atoms with van der Waals surface area (Å²) in [5.74, 6) is 1.72. The largest absolute Gasteiger partial charge is 0.462 e. The number of hydrogen-bond acceptors (Lipinski definition) is 17. The number of esters is 7. The molecule has 18 heteroatoms. The van der Waals surface area contributed by atoms with Crippen LogP contribution in [0.5, 0.6) is 0 Å². The van der Waals surface area contributed by atoms with Crippen molar-refractivity contribution in [1.29, 1.82) is 0 Å². The Morgan fingerprint density at radius 3 is 1.07 bits per heavy atom. The molecule has 0 spiro atoms. The number of amides is 1. The Morgan fingerprint density at radius 2 is 0.702 bits per heavy atom. The van der Waals surface area contributed by atoms with Crippen LogP contribution in [0.2, 0.25) is 0 Å². The van der Waals surface area contributed by atoms with Crippen molar-refractivity contribution in [1.82, 2.24) is 9.80 Å². The van der Waals surface area contributed by atoms with Crippen LogP contribution in [0.3, 0.4) is 0 Å².